The van der Waals surface area contributed by atoms with E-state index < -0.39 is 0 Å². The Morgan fingerprint density at radius 1 is 1.04 bits per heavy atom. The summed E-state index contributed by atoms with van der Waals surface area (Å²) in [6.45, 7) is 1.45. The average molecular weight is 455 g/mol. The van der Waals surface area contributed by atoms with Gasteiger partial charge in [0.2, 0.25) is 0 Å². The minimum Gasteiger partial charge on any atom is -0.356 e. The molecule has 0 radical (unpaired) electrons. The number of rotatable bonds is 5. The van der Waals surface area contributed by atoms with Gasteiger partial charge in [0.1, 0.15) is 0 Å². The molecule has 0 saturated heterocycles. The summed E-state index contributed by atoms with van der Waals surface area (Å²) in [5.41, 5.74) is 2.99. The summed E-state index contributed by atoms with van der Waals surface area (Å²) >= 11 is 5.87. The van der Waals surface area contributed by atoms with Gasteiger partial charge >= 0.3 is 0 Å². The van der Waals surface area contributed by atoms with E-state index in [1.165, 1.54) is 5.56 Å². The standard InChI is InChI=1S/C18H19ClN4.HI/c1-21-18(22-11-10-14-6-8-17(19)9-7-14)23-13-16-4-2-15(12-20)3-5-16;/h2-9H,10-11,13H2,1H3,(H2,21,22,23);1H. The Hall–Kier alpha value is -1.78. The van der Waals surface area contributed by atoms with Crippen LogP contribution in [0.2, 0.25) is 5.02 Å². The van der Waals surface area contributed by atoms with Gasteiger partial charge in [-0.3, -0.25) is 4.99 Å². The van der Waals surface area contributed by atoms with Crippen LogP contribution in [0.1, 0.15) is 16.7 Å². The fraction of sp³-hybridized carbons (Fsp3) is 0.222. The quantitative estimate of drug-likeness (QED) is 0.411. The van der Waals surface area contributed by atoms with Crippen LogP contribution in [0.25, 0.3) is 0 Å². The third kappa shape index (κ3) is 6.77. The number of guanidine groups is 1. The number of nitrogens with one attached hydrogen (secondary N) is 2. The molecule has 2 rings (SSSR count). The molecule has 0 aliphatic rings. The van der Waals surface area contributed by atoms with Gasteiger partial charge in [-0.2, -0.15) is 5.26 Å². The van der Waals surface area contributed by atoms with E-state index in [4.69, 9.17) is 16.9 Å². The third-order valence-electron chi connectivity index (χ3n) is 3.39. The van der Waals surface area contributed by atoms with Crippen molar-refractivity contribution in [3.8, 4) is 6.07 Å². The second kappa shape index (κ2) is 10.9. The van der Waals surface area contributed by atoms with Crippen LogP contribution >= 0.6 is 35.6 Å². The zero-order valence-corrected chi connectivity index (χ0v) is 16.5. The van der Waals surface area contributed by atoms with Crippen molar-refractivity contribution in [1.82, 2.24) is 10.6 Å². The normalized spacial score (nSPS) is 10.5. The molecular weight excluding hydrogens is 435 g/mol. The highest BCUT2D eigenvalue weighted by Crippen LogP contribution is 2.09. The van der Waals surface area contributed by atoms with Gasteiger partial charge in [0.25, 0.3) is 0 Å². The number of nitriles is 1. The lowest BCUT2D eigenvalue weighted by atomic mass is 10.1. The smallest absolute Gasteiger partial charge is 0.191 e. The molecule has 2 aromatic rings. The van der Waals surface area contributed by atoms with Crippen molar-refractivity contribution in [3.05, 3.63) is 70.2 Å². The van der Waals surface area contributed by atoms with E-state index in [1.807, 2.05) is 48.5 Å². The zero-order valence-electron chi connectivity index (χ0n) is 13.4. The molecule has 0 spiro atoms. The van der Waals surface area contributed by atoms with E-state index >= 15 is 0 Å². The Kier molecular flexibility index (Phi) is 9.20. The van der Waals surface area contributed by atoms with Crippen LogP contribution < -0.4 is 10.6 Å². The molecule has 0 amide bonds. The Balaban J connectivity index is 0.00000288. The van der Waals surface area contributed by atoms with Gasteiger partial charge in [-0.1, -0.05) is 35.9 Å². The molecule has 0 atom stereocenters. The summed E-state index contributed by atoms with van der Waals surface area (Å²) in [7, 11) is 1.75. The molecule has 0 heterocycles. The maximum Gasteiger partial charge on any atom is 0.191 e. The van der Waals surface area contributed by atoms with E-state index in [2.05, 4.69) is 21.7 Å². The Morgan fingerprint density at radius 2 is 1.67 bits per heavy atom. The summed E-state index contributed by atoms with van der Waals surface area (Å²) in [6, 6.07) is 17.5. The Labute approximate surface area is 165 Å². The number of hydrogen-bond acceptors (Lipinski definition) is 2. The average Bonchev–Trinajstić information content (AvgIpc) is 2.60. The van der Waals surface area contributed by atoms with Gasteiger partial charge in [-0.25, -0.2) is 0 Å². The van der Waals surface area contributed by atoms with Gasteiger partial charge in [0, 0.05) is 25.2 Å². The van der Waals surface area contributed by atoms with Crippen molar-refractivity contribution in [2.24, 2.45) is 4.99 Å². The zero-order chi connectivity index (χ0) is 16.5. The summed E-state index contributed by atoms with van der Waals surface area (Å²) < 4.78 is 0. The second-order valence-corrected chi connectivity index (χ2v) is 5.47. The first kappa shape index (κ1) is 20.3. The van der Waals surface area contributed by atoms with Crippen LogP contribution in [-0.2, 0) is 13.0 Å². The van der Waals surface area contributed by atoms with Crippen molar-refractivity contribution < 1.29 is 0 Å². The molecule has 0 aliphatic carbocycles. The minimum absolute atomic E-state index is 0. The molecule has 0 bridgehead atoms. The largest absolute Gasteiger partial charge is 0.356 e. The fourth-order valence-electron chi connectivity index (χ4n) is 2.08. The highest BCUT2D eigenvalue weighted by molar-refractivity contribution is 14.0. The molecule has 24 heavy (non-hydrogen) atoms. The van der Waals surface area contributed by atoms with Gasteiger partial charge in [0.15, 0.2) is 5.96 Å². The Bertz CT molecular complexity index is 690. The lowest BCUT2D eigenvalue weighted by Crippen LogP contribution is -2.37. The van der Waals surface area contributed by atoms with Gasteiger partial charge in [0.05, 0.1) is 11.6 Å². The molecule has 0 aliphatic heterocycles. The predicted octanol–water partition coefficient (Wildman–Crippen LogP) is 3.74. The van der Waals surface area contributed by atoms with E-state index in [9.17, 15) is 0 Å². The molecule has 6 heteroatoms. The predicted molar refractivity (Wildman–Crippen MR) is 110 cm³/mol. The Morgan fingerprint density at radius 3 is 2.25 bits per heavy atom. The molecule has 126 valence electrons. The number of nitrogens with zero attached hydrogens (tertiary/aromatic N) is 2. The first-order valence-electron chi connectivity index (χ1n) is 7.39. The number of hydrogen-bond donors (Lipinski definition) is 2. The summed E-state index contributed by atoms with van der Waals surface area (Å²) in [4.78, 5) is 4.20. The molecule has 2 aromatic carbocycles. The lowest BCUT2D eigenvalue weighted by Gasteiger charge is -2.12. The molecule has 0 saturated carbocycles. The monoisotopic (exact) mass is 454 g/mol. The van der Waals surface area contributed by atoms with Crippen LogP contribution in [0.3, 0.4) is 0 Å². The summed E-state index contributed by atoms with van der Waals surface area (Å²) in [5.74, 6) is 0.753. The van der Waals surface area contributed by atoms with Gasteiger partial charge in [-0.05, 0) is 41.8 Å². The maximum absolute atomic E-state index is 8.79. The fourth-order valence-corrected chi connectivity index (χ4v) is 2.21. The third-order valence-corrected chi connectivity index (χ3v) is 3.64. The van der Waals surface area contributed by atoms with Gasteiger partial charge in [-0.15, -0.1) is 24.0 Å². The van der Waals surface area contributed by atoms with Crippen molar-refractivity contribution in [2.45, 2.75) is 13.0 Å². The summed E-state index contributed by atoms with van der Waals surface area (Å²) in [6.07, 6.45) is 0.898. The topological polar surface area (TPSA) is 60.2 Å². The second-order valence-electron chi connectivity index (χ2n) is 5.04. The van der Waals surface area contributed by atoms with E-state index in [0.717, 1.165) is 29.5 Å². The minimum atomic E-state index is 0. The lowest BCUT2D eigenvalue weighted by molar-refractivity contribution is 0.794. The first-order valence-corrected chi connectivity index (χ1v) is 7.77. The van der Waals surface area contributed by atoms with Crippen LogP contribution in [0.5, 0.6) is 0 Å². The highest BCUT2D eigenvalue weighted by atomic mass is 127. The molecule has 2 N–H and O–H groups in total. The number of benzene rings is 2. The van der Waals surface area contributed by atoms with E-state index in [0.29, 0.717) is 12.1 Å². The number of aliphatic imine (C=N–C) groups is 1. The van der Waals surface area contributed by atoms with Crippen LogP contribution in [0.15, 0.2) is 53.5 Å². The van der Waals surface area contributed by atoms with Gasteiger partial charge < -0.3 is 10.6 Å². The van der Waals surface area contributed by atoms with Crippen LogP contribution in [0, 0.1) is 11.3 Å². The molecular formula is C18H20ClIN4. The molecule has 0 unspecified atom stereocenters. The highest BCUT2D eigenvalue weighted by Gasteiger charge is 1.99. The first-order chi connectivity index (χ1) is 11.2. The van der Waals surface area contributed by atoms with E-state index in [-0.39, 0.29) is 24.0 Å². The van der Waals surface area contributed by atoms with Crippen molar-refractivity contribution >= 4 is 41.5 Å². The summed E-state index contributed by atoms with van der Waals surface area (Å²) in [5, 5.41) is 16.1. The molecule has 0 aromatic heterocycles. The van der Waals surface area contributed by atoms with Crippen LogP contribution in [-0.4, -0.2) is 19.6 Å². The molecule has 0 fully saturated rings. The van der Waals surface area contributed by atoms with Crippen LogP contribution in [0.4, 0.5) is 0 Å². The van der Waals surface area contributed by atoms with Crippen molar-refractivity contribution in [1.29, 1.82) is 5.26 Å². The molecule has 4 nitrogen and oxygen atoms in total. The number of halogens is 2. The van der Waals surface area contributed by atoms with E-state index in [1.54, 1.807) is 7.05 Å². The SMILES string of the molecule is CN=C(NCCc1ccc(Cl)cc1)NCc1ccc(C#N)cc1.I. The van der Waals surface area contributed by atoms with Crippen molar-refractivity contribution in [3.63, 3.8) is 0 Å². The van der Waals surface area contributed by atoms with Crippen molar-refractivity contribution in [2.75, 3.05) is 13.6 Å². The maximum atomic E-state index is 8.79.